The van der Waals surface area contributed by atoms with Crippen LogP contribution in [-0.4, -0.2) is 89.4 Å². The lowest BCUT2D eigenvalue weighted by Crippen LogP contribution is -2.57. The minimum Gasteiger partial charge on any atom is -0.480 e. The van der Waals surface area contributed by atoms with Gasteiger partial charge in [0.1, 0.15) is 18.1 Å². The molecule has 0 rings (SSSR count). The number of carboxylic acids is 1. The van der Waals surface area contributed by atoms with Gasteiger partial charge in [-0.25, -0.2) is 4.79 Å². The van der Waals surface area contributed by atoms with Gasteiger partial charge in [0, 0.05) is 0 Å². The standard InChI is InChI=1S/C20H38N6O6S2/c1-33-9-6-12(22)17(28)26-15(11-16(23)27)19(30)24-13(5-3-4-8-21)18(29)25-14(20(31)32)7-10-34-2/h12-15H,3-11,21-22H2,1-2H3,(H2,23,27)(H,24,30)(H,25,29)(H,26,28)(H,31,32). The summed E-state index contributed by atoms with van der Waals surface area (Å²) >= 11 is 2.94. The third-order valence-corrected chi connectivity index (χ3v) is 6.10. The first-order valence-corrected chi connectivity index (χ1v) is 13.7. The Balaban J connectivity index is 5.45. The van der Waals surface area contributed by atoms with E-state index in [0.717, 1.165) is 0 Å². The van der Waals surface area contributed by atoms with Gasteiger partial charge in [-0.2, -0.15) is 23.5 Å². The number of thioether (sulfide) groups is 2. The second-order valence-electron chi connectivity index (χ2n) is 7.65. The van der Waals surface area contributed by atoms with Crippen LogP contribution in [0.15, 0.2) is 0 Å². The number of aliphatic carboxylic acids is 1. The van der Waals surface area contributed by atoms with Gasteiger partial charge in [0.15, 0.2) is 0 Å². The third-order valence-electron chi connectivity index (χ3n) is 4.81. The van der Waals surface area contributed by atoms with E-state index < -0.39 is 60.2 Å². The molecule has 0 aliphatic carbocycles. The van der Waals surface area contributed by atoms with E-state index in [2.05, 4.69) is 16.0 Å². The maximum atomic E-state index is 12.9. The summed E-state index contributed by atoms with van der Waals surface area (Å²) in [5.41, 5.74) is 16.6. The average molecular weight is 523 g/mol. The first-order valence-electron chi connectivity index (χ1n) is 10.9. The van der Waals surface area contributed by atoms with E-state index in [1.54, 1.807) is 0 Å². The number of carbonyl (C=O) groups excluding carboxylic acids is 4. The van der Waals surface area contributed by atoms with E-state index in [0.29, 0.717) is 37.3 Å². The molecule has 10 N–H and O–H groups in total. The van der Waals surface area contributed by atoms with Gasteiger partial charge in [0.05, 0.1) is 12.5 Å². The smallest absolute Gasteiger partial charge is 0.326 e. The van der Waals surface area contributed by atoms with Gasteiger partial charge in [-0.05, 0) is 62.7 Å². The van der Waals surface area contributed by atoms with Crippen LogP contribution in [0.5, 0.6) is 0 Å². The summed E-state index contributed by atoms with van der Waals surface area (Å²) in [5.74, 6) is -2.97. The molecule has 0 aliphatic heterocycles. The van der Waals surface area contributed by atoms with Crippen LogP contribution >= 0.6 is 23.5 Å². The molecule has 34 heavy (non-hydrogen) atoms. The molecule has 0 heterocycles. The summed E-state index contributed by atoms with van der Waals surface area (Å²) in [6.07, 6.45) is 5.03. The van der Waals surface area contributed by atoms with E-state index in [4.69, 9.17) is 17.2 Å². The quantitative estimate of drug-likeness (QED) is 0.0959. The SMILES string of the molecule is CSCCC(N)C(=O)NC(CC(N)=O)C(=O)NC(CCCCN)C(=O)NC(CCSC)C(=O)O. The molecule has 0 aliphatic rings. The van der Waals surface area contributed by atoms with Crippen molar-refractivity contribution in [3.63, 3.8) is 0 Å². The molecule has 4 amide bonds. The minimum atomic E-state index is -1.33. The highest BCUT2D eigenvalue weighted by Gasteiger charge is 2.30. The molecule has 14 heteroatoms. The summed E-state index contributed by atoms with van der Waals surface area (Å²) in [7, 11) is 0. The Kier molecular flexibility index (Phi) is 17.2. The number of nitrogens with two attached hydrogens (primary N) is 3. The Morgan fingerprint density at radius 2 is 1.32 bits per heavy atom. The normalized spacial score (nSPS) is 14.4. The highest BCUT2D eigenvalue weighted by molar-refractivity contribution is 7.98. The molecule has 196 valence electrons. The first kappa shape index (κ1) is 32.0. The number of rotatable bonds is 19. The van der Waals surface area contributed by atoms with Crippen molar-refractivity contribution in [3.05, 3.63) is 0 Å². The van der Waals surface area contributed by atoms with Crippen LogP contribution in [0.1, 0.15) is 38.5 Å². The zero-order valence-electron chi connectivity index (χ0n) is 19.7. The molecule has 0 saturated carbocycles. The van der Waals surface area contributed by atoms with Gasteiger partial charge >= 0.3 is 5.97 Å². The molecule has 0 radical (unpaired) electrons. The molecule has 0 spiro atoms. The molecule has 0 aromatic rings. The average Bonchev–Trinajstić information content (AvgIpc) is 2.78. The van der Waals surface area contributed by atoms with Crippen LogP contribution in [0.2, 0.25) is 0 Å². The van der Waals surface area contributed by atoms with E-state index in [1.165, 1.54) is 23.5 Å². The van der Waals surface area contributed by atoms with Crippen LogP contribution in [-0.2, 0) is 24.0 Å². The Bertz CT molecular complexity index is 684. The Labute approximate surface area is 208 Å². The molecule has 0 fully saturated rings. The third kappa shape index (κ3) is 13.6. The van der Waals surface area contributed by atoms with E-state index in [1.807, 2.05) is 12.5 Å². The molecule has 12 nitrogen and oxygen atoms in total. The molecular formula is C20H38N6O6S2. The van der Waals surface area contributed by atoms with Crippen molar-refractivity contribution >= 4 is 53.1 Å². The number of primary amides is 1. The molecule has 0 aromatic heterocycles. The monoisotopic (exact) mass is 522 g/mol. The largest absolute Gasteiger partial charge is 0.480 e. The Morgan fingerprint density at radius 1 is 0.794 bits per heavy atom. The highest BCUT2D eigenvalue weighted by Crippen LogP contribution is 2.07. The second kappa shape index (κ2) is 18.3. The van der Waals surface area contributed by atoms with Crippen molar-refractivity contribution < 1.29 is 29.1 Å². The van der Waals surface area contributed by atoms with Crippen molar-refractivity contribution in [3.8, 4) is 0 Å². The van der Waals surface area contributed by atoms with Crippen molar-refractivity contribution in [1.29, 1.82) is 0 Å². The maximum Gasteiger partial charge on any atom is 0.326 e. The fourth-order valence-corrected chi connectivity index (χ4v) is 3.83. The van der Waals surface area contributed by atoms with Crippen molar-refractivity contribution in [2.45, 2.75) is 62.7 Å². The van der Waals surface area contributed by atoms with Crippen molar-refractivity contribution in [2.75, 3.05) is 30.6 Å². The number of amides is 4. The number of carboxylic acid groups (broad SMARTS) is 1. The summed E-state index contributed by atoms with van der Waals surface area (Å²) in [6, 6.07) is -4.43. The highest BCUT2D eigenvalue weighted by atomic mass is 32.2. The topological polar surface area (TPSA) is 220 Å². The second-order valence-corrected chi connectivity index (χ2v) is 9.62. The van der Waals surface area contributed by atoms with Gasteiger partial charge in [0.2, 0.25) is 23.6 Å². The maximum absolute atomic E-state index is 12.9. The van der Waals surface area contributed by atoms with Gasteiger partial charge in [0.25, 0.3) is 0 Å². The summed E-state index contributed by atoms with van der Waals surface area (Å²) in [6.45, 7) is 0.377. The number of carbonyl (C=O) groups is 5. The lowest BCUT2D eigenvalue weighted by atomic mass is 10.1. The van der Waals surface area contributed by atoms with Gasteiger partial charge in [-0.15, -0.1) is 0 Å². The van der Waals surface area contributed by atoms with Crippen molar-refractivity contribution in [1.82, 2.24) is 16.0 Å². The van der Waals surface area contributed by atoms with Crippen LogP contribution in [0.25, 0.3) is 0 Å². The molecule has 0 aromatic carbocycles. The van der Waals surface area contributed by atoms with Gasteiger partial charge in [-0.3, -0.25) is 19.2 Å². The number of unbranched alkanes of at least 4 members (excludes halogenated alkanes) is 1. The Hall–Kier alpha value is -2.03. The summed E-state index contributed by atoms with van der Waals surface area (Å²) in [5, 5.41) is 16.8. The molecule has 0 bridgehead atoms. The zero-order valence-corrected chi connectivity index (χ0v) is 21.3. The van der Waals surface area contributed by atoms with Gasteiger partial charge < -0.3 is 38.3 Å². The fraction of sp³-hybridized carbons (Fsp3) is 0.750. The summed E-state index contributed by atoms with van der Waals surface area (Å²) < 4.78 is 0. The Morgan fingerprint density at radius 3 is 1.85 bits per heavy atom. The number of hydrogen-bond acceptors (Lipinski definition) is 9. The van der Waals surface area contributed by atoms with Gasteiger partial charge in [-0.1, -0.05) is 0 Å². The van der Waals surface area contributed by atoms with Crippen molar-refractivity contribution in [2.24, 2.45) is 17.2 Å². The molecular weight excluding hydrogens is 484 g/mol. The number of nitrogens with one attached hydrogen (secondary N) is 3. The van der Waals surface area contributed by atoms with E-state index in [9.17, 15) is 29.1 Å². The van der Waals surface area contributed by atoms with E-state index >= 15 is 0 Å². The molecule has 4 atom stereocenters. The summed E-state index contributed by atoms with van der Waals surface area (Å²) in [4.78, 5) is 61.0. The minimum absolute atomic E-state index is 0.189. The van der Waals surface area contributed by atoms with Crippen LogP contribution in [0, 0.1) is 0 Å². The van der Waals surface area contributed by atoms with E-state index in [-0.39, 0.29) is 12.8 Å². The fourth-order valence-electron chi connectivity index (χ4n) is 2.86. The number of hydrogen-bond donors (Lipinski definition) is 7. The molecule has 4 unspecified atom stereocenters. The van der Waals surface area contributed by atoms with Crippen LogP contribution in [0.3, 0.4) is 0 Å². The predicted molar refractivity (Wildman–Crippen MR) is 134 cm³/mol. The first-order chi connectivity index (χ1) is 16.1. The predicted octanol–water partition coefficient (Wildman–Crippen LogP) is -1.64. The lowest BCUT2D eigenvalue weighted by Gasteiger charge is -2.25. The molecule has 0 saturated heterocycles. The zero-order chi connectivity index (χ0) is 26.1. The lowest BCUT2D eigenvalue weighted by molar-refractivity contribution is -0.142. The van der Waals surface area contributed by atoms with Crippen LogP contribution < -0.4 is 33.2 Å². The van der Waals surface area contributed by atoms with Crippen LogP contribution in [0.4, 0.5) is 0 Å².